The van der Waals surface area contributed by atoms with Gasteiger partial charge >= 0.3 is 0 Å². The summed E-state index contributed by atoms with van der Waals surface area (Å²) in [5.74, 6) is -0.518. The highest BCUT2D eigenvalue weighted by atomic mass is 16.2. The maximum absolute atomic E-state index is 13.8. The van der Waals surface area contributed by atoms with E-state index in [1.807, 2.05) is 73.7 Å². The van der Waals surface area contributed by atoms with E-state index in [4.69, 9.17) is 0 Å². The van der Waals surface area contributed by atoms with Gasteiger partial charge in [0, 0.05) is 23.5 Å². The summed E-state index contributed by atoms with van der Waals surface area (Å²) in [6.07, 6.45) is 4.72. The Labute approximate surface area is 205 Å². The molecule has 6 heteroatoms. The van der Waals surface area contributed by atoms with Crippen LogP contribution >= 0.6 is 0 Å². The Balaban J connectivity index is 1.42. The summed E-state index contributed by atoms with van der Waals surface area (Å²) in [7, 11) is 0. The number of carbonyl (C=O) groups excluding carboxylic acids is 3. The Kier molecular flexibility index (Phi) is 6.53. The summed E-state index contributed by atoms with van der Waals surface area (Å²) in [5, 5.41) is 5.03. The van der Waals surface area contributed by atoms with Crippen LogP contribution in [0.3, 0.4) is 0 Å². The zero-order valence-electron chi connectivity index (χ0n) is 20.1. The number of hydrogen-bond acceptors (Lipinski definition) is 3. The third-order valence-corrected chi connectivity index (χ3v) is 7.23. The largest absolute Gasteiger partial charge is 0.352 e. The van der Waals surface area contributed by atoms with Gasteiger partial charge in [-0.05, 0) is 42.3 Å². The minimum absolute atomic E-state index is 0.104. The molecule has 5 rings (SSSR count). The fraction of sp³-hybridized carbons (Fsp3) is 0.345. The van der Waals surface area contributed by atoms with E-state index in [2.05, 4.69) is 5.32 Å². The number of nitrogens with one attached hydrogen (secondary N) is 1. The van der Waals surface area contributed by atoms with Crippen molar-refractivity contribution in [1.82, 2.24) is 10.2 Å². The molecule has 1 atom stereocenters. The molecule has 0 unspecified atom stereocenters. The zero-order valence-corrected chi connectivity index (χ0v) is 20.1. The fourth-order valence-corrected chi connectivity index (χ4v) is 5.43. The average molecular weight is 470 g/mol. The molecule has 0 spiro atoms. The van der Waals surface area contributed by atoms with Crippen LogP contribution in [0.15, 0.2) is 66.7 Å². The molecule has 1 aliphatic heterocycles. The molecule has 0 aromatic heterocycles. The van der Waals surface area contributed by atoms with Gasteiger partial charge in [0.15, 0.2) is 0 Å². The standard InChI is InChI=1S/C29H31N3O3/c1-2-24(28(34)30-22-14-6-7-15-22)31(18-20-10-4-3-5-11-20)26(33)19-32-25-17-9-13-21-12-8-16-23(27(21)25)29(32)35/h3-5,8-13,16-17,22,24H,2,6-7,14-15,18-19H2,1H3,(H,30,34)/t24-/m1/s1. The van der Waals surface area contributed by atoms with Gasteiger partial charge in [0.2, 0.25) is 11.8 Å². The van der Waals surface area contributed by atoms with Gasteiger partial charge in [0.1, 0.15) is 12.6 Å². The lowest BCUT2D eigenvalue weighted by Crippen LogP contribution is -2.53. The van der Waals surface area contributed by atoms with Crippen molar-refractivity contribution in [2.45, 2.75) is 57.7 Å². The molecule has 1 aliphatic carbocycles. The van der Waals surface area contributed by atoms with Crippen LogP contribution in [-0.2, 0) is 16.1 Å². The second-order valence-electron chi connectivity index (χ2n) is 9.49. The molecule has 180 valence electrons. The molecule has 6 nitrogen and oxygen atoms in total. The van der Waals surface area contributed by atoms with Gasteiger partial charge in [-0.25, -0.2) is 0 Å². The fourth-order valence-electron chi connectivity index (χ4n) is 5.43. The molecule has 1 heterocycles. The molecule has 3 amide bonds. The lowest BCUT2D eigenvalue weighted by atomic mass is 10.1. The first-order valence-corrected chi connectivity index (χ1v) is 12.5. The van der Waals surface area contributed by atoms with Crippen LogP contribution in [-0.4, -0.2) is 41.2 Å². The molecule has 3 aromatic rings. The average Bonchev–Trinajstić information content (AvgIpc) is 3.48. The van der Waals surface area contributed by atoms with Crippen molar-refractivity contribution in [3.05, 3.63) is 77.9 Å². The van der Waals surface area contributed by atoms with Crippen molar-refractivity contribution in [3.8, 4) is 0 Å². The molecule has 2 aliphatic rings. The molecule has 3 aromatic carbocycles. The van der Waals surface area contributed by atoms with Crippen LogP contribution in [0.2, 0.25) is 0 Å². The highest BCUT2D eigenvalue weighted by Crippen LogP contribution is 2.37. The van der Waals surface area contributed by atoms with Gasteiger partial charge in [-0.2, -0.15) is 0 Å². The van der Waals surface area contributed by atoms with E-state index in [1.165, 1.54) is 0 Å². The van der Waals surface area contributed by atoms with Crippen molar-refractivity contribution in [3.63, 3.8) is 0 Å². The van der Waals surface area contributed by atoms with Crippen LogP contribution in [0.1, 0.15) is 54.9 Å². The minimum atomic E-state index is -0.598. The second kappa shape index (κ2) is 9.90. The summed E-state index contributed by atoms with van der Waals surface area (Å²) < 4.78 is 0. The summed E-state index contributed by atoms with van der Waals surface area (Å²) >= 11 is 0. The van der Waals surface area contributed by atoms with Crippen molar-refractivity contribution in [2.24, 2.45) is 0 Å². The van der Waals surface area contributed by atoms with Gasteiger partial charge in [0.05, 0.1) is 5.69 Å². The predicted molar refractivity (Wildman–Crippen MR) is 137 cm³/mol. The van der Waals surface area contributed by atoms with Gasteiger partial charge in [0.25, 0.3) is 5.91 Å². The SMILES string of the molecule is CC[C@H](C(=O)NC1CCCC1)N(Cc1ccccc1)C(=O)CN1C(=O)c2cccc3cccc1c23. The van der Waals surface area contributed by atoms with Crippen LogP contribution in [0.4, 0.5) is 5.69 Å². The van der Waals surface area contributed by atoms with Crippen molar-refractivity contribution >= 4 is 34.2 Å². The number of anilines is 1. The normalized spacial score (nSPS) is 16.0. The van der Waals surface area contributed by atoms with Gasteiger partial charge < -0.3 is 10.2 Å². The highest BCUT2D eigenvalue weighted by Gasteiger charge is 2.35. The van der Waals surface area contributed by atoms with Crippen molar-refractivity contribution in [1.29, 1.82) is 0 Å². The first kappa shape index (κ1) is 23.1. The van der Waals surface area contributed by atoms with Gasteiger partial charge in [-0.15, -0.1) is 0 Å². The lowest BCUT2D eigenvalue weighted by molar-refractivity contribution is -0.140. The first-order chi connectivity index (χ1) is 17.1. The third kappa shape index (κ3) is 4.53. The number of carbonyl (C=O) groups is 3. The van der Waals surface area contributed by atoms with E-state index < -0.39 is 6.04 Å². The monoisotopic (exact) mass is 469 g/mol. The molecule has 0 radical (unpaired) electrons. The highest BCUT2D eigenvalue weighted by molar-refractivity contribution is 6.26. The Morgan fingerprint density at radius 1 is 1.00 bits per heavy atom. The number of benzene rings is 3. The van der Waals surface area contributed by atoms with E-state index in [0.717, 1.165) is 47.7 Å². The van der Waals surface area contributed by atoms with Crippen LogP contribution in [0.25, 0.3) is 10.8 Å². The van der Waals surface area contributed by atoms with E-state index >= 15 is 0 Å². The molecular formula is C29H31N3O3. The summed E-state index contributed by atoms with van der Waals surface area (Å²) in [6, 6.07) is 20.7. The quantitative estimate of drug-likeness (QED) is 0.521. The van der Waals surface area contributed by atoms with E-state index in [-0.39, 0.29) is 30.3 Å². The Morgan fingerprint density at radius 2 is 1.71 bits per heavy atom. The van der Waals surface area contributed by atoms with Crippen LogP contribution in [0, 0.1) is 0 Å². The van der Waals surface area contributed by atoms with E-state index in [9.17, 15) is 14.4 Å². The molecule has 1 fully saturated rings. The van der Waals surface area contributed by atoms with Crippen LogP contribution < -0.4 is 10.2 Å². The predicted octanol–water partition coefficient (Wildman–Crippen LogP) is 4.67. The maximum Gasteiger partial charge on any atom is 0.259 e. The first-order valence-electron chi connectivity index (χ1n) is 12.5. The Morgan fingerprint density at radius 3 is 2.43 bits per heavy atom. The topological polar surface area (TPSA) is 69.7 Å². The number of amides is 3. The second-order valence-corrected chi connectivity index (χ2v) is 9.49. The molecule has 0 saturated heterocycles. The molecule has 1 N–H and O–H groups in total. The molecular weight excluding hydrogens is 438 g/mol. The smallest absolute Gasteiger partial charge is 0.259 e. The maximum atomic E-state index is 13.8. The van der Waals surface area contributed by atoms with Gasteiger partial charge in [-0.1, -0.05) is 74.4 Å². The molecule has 0 bridgehead atoms. The molecule has 35 heavy (non-hydrogen) atoms. The van der Waals surface area contributed by atoms with E-state index in [1.54, 1.807) is 9.80 Å². The third-order valence-electron chi connectivity index (χ3n) is 7.23. The Bertz CT molecular complexity index is 1250. The van der Waals surface area contributed by atoms with Crippen molar-refractivity contribution in [2.75, 3.05) is 11.4 Å². The lowest BCUT2D eigenvalue weighted by Gasteiger charge is -2.33. The Hall–Kier alpha value is -3.67. The molecule has 1 saturated carbocycles. The van der Waals surface area contributed by atoms with Gasteiger partial charge in [-0.3, -0.25) is 19.3 Å². The number of rotatable bonds is 8. The summed E-state index contributed by atoms with van der Waals surface area (Å²) in [5.41, 5.74) is 2.32. The number of nitrogens with zero attached hydrogens (tertiary/aromatic N) is 2. The van der Waals surface area contributed by atoms with E-state index in [0.29, 0.717) is 18.5 Å². The van der Waals surface area contributed by atoms with Crippen LogP contribution in [0.5, 0.6) is 0 Å². The minimum Gasteiger partial charge on any atom is -0.352 e. The van der Waals surface area contributed by atoms with Crippen molar-refractivity contribution < 1.29 is 14.4 Å². The summed E-state index contributed by atoms with van der Waals surface area (Å²) in [6.45, 7) is 2.14. The zero-order chi connectivity index (χ0) is 24.4. The number of hydrogen-bond donors (Lipinski definition) is 1. The summed E-state index contributed by atoms with van der Waals surface area (Å²) in [4.78, 5) is 43.6.